The fraction of sp³-hybridized carbons (Fsp3) is 0.174. The predicted molar refractivity (Wildman–Crippen MR) is 110 cm³/mol. The van der Waals surface area contributed by atoms with E-state index in [1.54, 1.807) is 34.1 Å². The number of carbonyl (C=O) groups excluding carboxylic acids is 2. The van der Waals surface area contributed by atoms with Gasteiger partial charge in [0, 0.05) is 13.5 Å². The largest absolute Gasteiger partial charge is 0.459 e. The minimum Gasteiger partial charge on any atom is -0.459 e. The molecule has 1 aromatic heterocycles. The SMILES string of the molecule is CC(=O)N1c2ccc(-c3cccc(C#N)c3)cc2N(C(=O)c2ccco2)C[C@@H]1C. The second-order valence-corrected chi connectivity index (χ2v) is 7.03. The molecule has 3 aromatic rings. The number of fused-ring (bicyclic) bond motifs is 1. The molecule has 0 unspecified atom stereocenters. The van der Waals surface area contributed by atoms with Crippen molar-refractivity contribution in [2.24, 2.45) is 0 Å². The summed E-state index contributed by atoms with van der Waals surface area (Å²) >= 11 is 0. The van der Waals surface area contributed by atoms with Crippen molar-refractivity contribution in [1.29, 1.82) is 5.26 Å². The van der Waals surface area contributed by atoms with E-state index in [0.29, 0.717) is 23.5 Å². The first-order valence-corrected chi connectivity index (χ1v) is 9.29. The summed E-state index contributed by atoms with van der Waals surface area (Å²) in [5.41, 5.74) is 3.60. The normalized spacial score (nSPS) is 15.6. The second kappa shape index (κ2) is 7.28. The van der Waals surface area contributed by atoms with E-state index in [1.807, 2.05) is 37.3 Å². The standard InChI is InChI=1S/C23H19N3O3/c1-15-14-25(23(28)22-7-4-10-29-22)21-12-19(8-9-20(21)26(15)16(2)27)18-6-3-5-17(11-18)13-24/h3-12,15H,14H2,1-2H3/t15-/m0/s1. The third-order valence-electron chi connectivity index (χ3n) is 5.05. The molecule has 0 bridgehead atoms. The van der Waals surface area contributed by atoms with Crippen LogP contribution in [0.5, 0.6) is 0 Å². The van der Waals surface area contributed by atoms with Crippen LogP contribution in [0.25, 0.3) is 11.1 Å². The van der Waals surface area contributed by atoms with Gasteiger partial charge in [0.05, 0.1) is 35.3 Å². The van der Waals surface area contributed by atoms with Crippen LogP contribution in [0.3, 0.4) is 0 Å². The number of nitrogens with zero attached hydrogens (tertiary/aromatic N) is 3. The molecule has 0 saturated carbocycles. The number of carbonyl (C=O) groups is 2. The van der Waals surface area contributed by atoms with Crippen LogP contribution >= 0.6 is 0 Å². The summed E-state index contributed by atoms with van der Waals surface area (Å²) in [6.45, 7) is 3.79. The molecule has 2 heterocycles. The van der Waals surface area contributed by atoms with Crippen LogP contribution in [0.15, 0.2) is 65.3 Å². The van der Waals surface area contributed by atoms with E-state index in [-0.39, 0.29) is 23.6 Å². The Labute approximate surface area is 168 Å². The Kier molecular flexibility index (Phi) is 4.65. The number of nitriles is 1. The molecule has 144 valence electrons. The minimum absolute atomic E-state index is 0.0805. The Morgan fingerprint density at radius 2 is 1.86 bits per heavy atom. The topological polar surface area (TPSA) is 77.5 Å². The molecule has 0 radical (unpaired) electrons. The first-order valence-electron chi connectivity index (χ1n) is 9.29. The fourth-order valence-corrected chi connectivity index (χ4v) is 3.78. The number of anilines is 2. The van der Waals surface area contributed by atoms with Crippen molar-refractivity contribution in [3.63, 3.8) is 0 Å². The van der Waals surface area contributed by atoms with Gasteiger partial charge in [0.1, 0.15) is 0 Å². The Morgan fingerprint density at radius 1 is 1.07 bits per heavy atom. The maximum atomic E-state index is 13.1. The second-order valence-electron chi connectivity index (χ2n) is 7.03. The van der Waals surface area contributed by atoms with Crippen molar-refractivity contribution in [3.05, 3.63) is 72.2 Å². The molecule has 6 heteroatoms. The van der Waals surface area contributed by atoms with Crippen molar-refractivity contribution in [3.8, 4) is 17.2 Å². The van der Waals surface area contributed by atoms with E-state index >= 15 is 0 Å². The zero-order chi connectivity index (χ0) is 20.5. The highest BCUT2D eigenvalue weighted by molar-refractivity contribution is 6.10. The lowest BCUT2D eigenvalue weighted by Gasteiger charge is -2.40. The zero-order valence-corrected chi connectivity index (χ0v) is 16.1. The summed E-state index contributed by atoms with van der Waals surface area (Å²) in [6, 6.07) is 18.2. The van der Waals surface area contributed by atoms with Crippen molar-refractivity contribution >= 4 is 23.2 Å². The van der Waals surface area contributed by atoms with Gasteiger partial charge in [-0.2, -0.15) is 5.26 Å². The van der Waals surface area contributed by atoms with E-state index in [2.05, 4.69) is 6.07 Å². The molecule has 6 nitrogen and oxygen atoms in total. The van der Waals surface area contributed by atoms with Gasteiger partial charge in [-0.25, -0.2) is 0 Å². The first-order chi connectivity index (χ1) is 14.0. The highest BCUT2D eigenvalue weighted by Crippen LogP contribution is 2.39. The van der Waals surface area contributed by atoms with Crippen LogP contribution in [-0.4, -0.2) is 24.4 Å². The number of benzene rings is 2. The molecule has 0 saturated heterocycles. The van der Waals surface area contributed by atoms with E-state index in [4.69, 9.17) is 4.42 Å². The van der Waals surface area contributed by atoms with Gasteiger partial charge in [0.15, 0.2) is 5.76 Å². The fourth-order valence-electron chi connectivity index (χ4n) is 3.78. The first kappa shape index (κ1) is 18.5. The third-order valence-corrected chi connectivity index (χ3v) is 5.05. The maximum Gasteiger partial charge on any atom is 0.294 e. The number of furan rings is 1. The summed E-state index contributed by atoms with van der Waals surface area (Å²) in [7, 11) is 0. The molecule has 0 N–H and O–H groups in total. The van der Waals surface area contributed by atoms with Gasteiger partial charge in [-0.05, 0) is 54.4 Å². The summed E-state index contributed by atoms with van der Waals surface area (Å²) in [5, 5.41) is 9.19. The lowest BCUT2D eigenvalue weighted by atomic mass is 9.99. The lowest BCUT2D eigenvalue weighted by molar-refractivity contribution is -0.117. The molecule has 2 amide bonds. The predicted octanol–water partition coefficient (Wildman–Crippen LogP) is 4.22. The van der Waals surface area contributed by atoms with Crippen LogP contribution < -0.4 is 9.80 Å². The van der Waals surface area contributed by atoms with Crippen molar-refractivity contribution in [2.75, 3.05) is 16.3 Å². The van der Waals surface area contributed by atoms with Gasteiger partial charge in [-0.15, -0.1) is 0 Å². The van der Waals surface area contributed by atoms with Crippen LogP contribution in [0.4, 0.5) is 11.4 Å². The number of hydrogen-bond donors (Lipinski definition) is 0. The highest BCUT2D eigenvalue weighted by Gasteiger charge is 2.34. The molecule has 2 aromatic carbocycles. The van der Waals surface area contributed by atoms with Gasteiger partial charge in [-0.3, -0.25) is 9.59 Å². The molecular formula is C23H19N3O3. The van der Waals surface area contributed by atoms with Gasteiger partial charge < -0.3 is 14.2 Å². The number of rotatable bonds is 2. The van der Waals surface area contributed by atoms with E-state index in [9.17, 15) is 14.9 Å². The van der Waals surface area contributed by atoms with E-state index in [0.717, 1.165) is 11.1 Å². The summed E-state index contributed by atoms with van der Waals surface area (Å²) in [6.07, 6.45) is 1.47. The Bertz CT molecular complexity index is 1130. The molecule has 0 aliphatic carbocycles. The van der Waals surface area contributed by atoms with Crippen LogP contribution in [0.2, 0.25) is 0 Å². The van der Waals surface area contributed by atoms with Crippen LogP contribution in [0.1, 0.15) is 30.0 Å². The van der Waals surface area contributed by atoms with E-state index in [1.165, 1.54) is 13.2 Å². The van der Waals surface area contributed by atoms with Crippen molar-refractivity contribution in [1.82, 2.24) is 0 Å². The van der Waals surface area contributed by atoms with E-state index < -0.39 is 0 Å². The Morgan fingerprint density at radius 3 is 2.55 bits per heavy atom. The molecule has 0 spiro atoms. The minimum atomic E-state index is -0.255. The molecule has 1 aliphatic rings. The molecular weight excluding hydrogens is 366 g/mol. The average Bonchev–Trinajstić information content (AvgIpc) is 3.27. The van der Waals surface area contributed by atoms with Gasteiger partial charge in [0.2, 0.25) is 5.91 Å². The maximum absolute atomic E-state index is 13.1. The third kappa shape index (κ3) is 3.27. The van der Waals surface area contributed by atoms with Crippen molar-refractivity contribution in [2.45, 2.75) is 19.9 Å². The Balaban J connectivity index is 1.86. The molecule has 4 rings (SSSR count). The number of amides is 2. The summed E-state index contributed by atoms with van der Waals surface area (Å²) in [5.74, 6) is -0.0893. The summed E-state index contributed by atoms with van der Waals surface area (Å²) < 4.78 is 5.31. The zero-order valence-electron chi connectivity index (χ0n) is 16.1. The van der Waals surface area contributed by atoms with Crippen LogP contribution in [-0.2, 0) is 4.79 Å². The molecule has 29 heavy (non-hydrogen) atoms. The smallest absolute Gasteiger partial charge is 0.294 e. The molecule has 0 fully saturated rings. The monoisotopic (exact) mass is 385 g/mol. The van der Waals surface area contributed by atoms with Gasteiger partial charge in [0.25, 0.3) is 5.91 Å². The lowest BCUT2D eigenvalue weighted by Crippen LogP contribution is -2.51. The molecule has 1 aliphatic heterocycles. The highest BCUT2D eigenvalue weighted by atomic mass is 16.3. The summed E-state index contributed by atoms with van der Waals surface area (Å²) in [4.78, 5) is 28.7. The quantitative estimate of drug-likeness (QED) is 0.662. The van der Waals surface area contributed by atoms with Gasteiger partial charge in [-0.1, -0.05) is 18.2 Å². The van der Waals surface area contributed by atoms with Crippen molar-refractivity contribution < 1.29 is 14.0 Å². The number of hydrogen-bond acceptors (Lipinski definition) is 4. The van der Waals surface area contributed by atoms with Crippen LogP contribution in [0, 0.1) is 11.3 Å². The van der Waals surface area contributed by atoms with Gasteiger partial charge >= 0.3 is 0 Å². The Hall–Kier alpha value is -3.85. The molecule has 1 atom stereocenters. The average molecular weight is 385 g/mol.